The van der Waals surface area contributed by atoms with Gasteiger partial charge in [-0.3, -0.25) is 9.59 Å². The van der Waals surface area contributed by atoms with Crippen LogP contribution in [0.25, 0.3) is 11.0 Å². The maximum absolute atomic E-state index is 12.7. The van der Waals surface area contributed by atoms with Gasteiger partial charge in [-0.1, -0.05) is 55.9 Å². The van der Waals surface area contributed by atoms with Crippen molar-refractivity contribution in [2.24, 2.45) is 5.92 Å². The van der Waals surface area contributed by atoms with Crippen LogP contribution in [0.3, 0.4) is 0 Å². The van der Waals surface area contributed by atoms with E-state index in [1.54, 1.807) is 17.8 Å². The van der Waals surface area contributed by atoms with Crippen LogP contribution in [0, 0.1) is 5.92 Å². The highest BCUT2D eigenvalue weighted by molar-refractivity contribution is 7.99. The predicted molar refractivity (Wildman–Crippen MR) is 125 cm³/mol. The number of carbonyl (C=O) groups excluding carboxylic acids is 2. The number of furan rings is 1. The average Bonchev–Trinajstić information content (AvgIpc) is 3.22. The Hall–Kier alpha value is -3.11. The van der Waals surface area contributed by atoms with E-state index < -0.39 is 0 Å². The SMILES string of the molecule is CC(C)CCC(=O)c1ccc(Sc2ccc(C(=O)c3cc4ccccc4o3)cc2)cc1. The predicted octanol–water partition coefficient (Wildman–Crippen LogP) is 7.43. The molecule has 0 saturated carbocycles. The minimum atomic E-state index is -0.128. The van der Waals surface area contributed by atoms with Gasteiger partial charge in [-0.05, 0) is 60.9 Å². The van der Waals surface area contributed by atoms with Gasteiger partial charge in [-0.2, -0.15) is 0 Å². The molecular formula is C27H24O3S. The molecule has 0 N–H and O–H groups in total. The molecule has 0 spiro atoms. The quantitative estimate of drug-likeness (QED) is 0.274. The van der Waals surface area contributed by atoms with Crippen molar-refractivity contribution in [3.8, 4) is 0 Å². The van der Waals surface area contributed by atoms with Crippen LogP contribution in [0.2, 0.25) is 0 Å². The van der Waals surface area contributed by atoms with Crippen molar-refractivity contribution in [1.82, 2.24) is 0 Å². The van der Waals surface area contributed by atoms with Gasteiger partial charge in [0.15, 0.2) is 11.5 Å². The molecule has 0 fully saturated rings. The first-order valence-corrected chi connectivity index (χ1v) is 11.3. The fraction of sp³-hybridized carbons (Fsp3) is 0.185. The van der Waals surface area contributed by atoms with Crippen molar-refractivity contribution >= 4 is 34.3 Å². The molecule has 4 heteroatoms. The summed E-state index contributed by atoms with van der Waals surface area (Å²) >= 11 is 1.60. The lowest BCUT2D eigenvalue weighted by Crippen LogP contribution is -2.01. The van der Waals surface area contributed by atoms with E-state index in [4.69, 9.17) is 4.42 Å². The molecule has 0 atom stereocenters. The van der Waals surface area contributed by atoms with Crippen molar-refractivity contribution in [2.75, 3.05) is 0 Å². The summed E-state index contributed by atoms with van der Waals surface area (Å²) < 4.78 is 5.69. The van der Waals surface area contributed by atoms with E-state index in [0.717, 1.165) is 27.2 Å². The van der Waals surface area contributed by atoms with Crippen LogP contribution in [-0.2, 0) is 0 Å². The summed E-state index contributed by atoms with van der Waals surface area (Å²) in [5.41, 5.74) is 2.07. The zero-order valence-corrected chi connectivity index (χ0v) is 18.4. The number of para-hydroxylation sites is 1. The molecule has 156 valence electrons. The molecule has 0 amide bonds. The Kier molecular flexibility index (Phi) is 6.38. The Balaban J connectivity index is 1.41. The molecule has 0 aliphatic carbocycles. The fourth-order valence-corrected chi connectivity index (χ4v) is 4.14. The Morgan fingerprint density at radius 1 is 0.839 bits per heavy atom. The monoisotopic (exact) mass is 428 g/mol. The van der Waals surface area contributed by atoms with E-state index in [1.165, 1.54) is 0 Å². The lowest BCUT2D eigenvalue weighted by Gasteiger charge is -2.06. The molecule has 4 rings (SSSR count). The molecule has 3 aromatic carbocycles. The number of benzene rings is 3. The zero-order chi connectivity index (χ0) is 21.8. The normalized spacial score (nSPS) is 11.2. The topological polar surface area (TPSA) is 47.3 Å². The Morgan fingerprint density at radius 2 is 1.45 bits per heavy atom. The van der Waals surface area contributed by atoms with Crippen LogP contribution in [0.4, 0.5) is 0 Å². The van der Waals surface area contributed by atoms with Crippen molar-refractivity contribution in [3.63, 3.8) is 0 Å². The summed E-state index contributed by atoms with van der Waals surface area (Å²) in [6, 6.07) is 24.6. The maximum Gasteiger partial charge on any atom is 0.228 e. The summed E-state index contributed by atoms with van der Waals surface area (Å²) in [7, 11) is 0. The third kappa shape index (κ3) is 5.15. The number of ketones is 2. The number of carbonyl (C=O) groups is 2. The molecule has 0 bridgehead atoms. The number of hydrogen-bond acceptors (Lipinski definition) is 4. The van der Waals surface area contributed by atoms with E-state index in [-0.39, 0.29) is 11.6 Å². The average molecular weight is 429 g/mol. The number of fused-ring (bicyclic) bond motifs is 1. The third-order valence-electron chi connectivity index (χ3n) is 5.13. The minimum absolute atomic E-state index is 0.128. The molecule has 0 aliphatic rings. The Bertz CT molecular complexity index is 1170. The molecule has 0 radical (unpaired) electrons. The van der Waals surface area contributed by atoms with Gasteiger partial charge in [0.1, 0.15) is 5.58 Å². The highest BCUT2D eigenvalue weighted by atomic mass is 32.2. The van der Waals surface area contributed by atoms with E-state index >= 15 is 0 Å². The molecular weight excluding hydrogens is 404 g/mol. The number of Topliss-reactive ketones (excluding diaryl/α,β-unsaturated/α-hetero) is 1. The summed E-state index contributed by atoms with van der Waals surface area (Å²) in [5, 5.41) is 0.921. The first kappa shape index (κ1) is 21.1. The molecule has 1 heterocycles. The summed E-state index contributed by atoms with van der Waals surface area (Å²) in [5.74, 6) is 0.940. The second-order valence-electron chi connectivity index (χ2n) is 7.98. The molecule has 1 aromatic heterocycles. The summed E-state index contributed by atoms with van der Waals surface area (Å²) in [6.07, 6.45) is 1.50. The van der Waals surface area contributed by atoms with E-state index in [2.05, 4.69) is 13.8 Å². The van der Waals surface area contributed by atoms with Gasteiger partial charge in [0.05, 0.1) is 0 Å². The zero-order valence-electron chi connectivity index (χ0n) is 17.6. The van der Waals surface area contributed by atoms with Crippen molar-refractivity contribution in [3.05, 3.63) is 95.7 Å². The number of hydrogen-bond donors (Lipinski definition) is 0. The largest absolute Gasteiger partial charge is 0.453 e. The van der Waals surface area contributed by atoms with Crippen LogP contribution >= 0.6 is 11.8 Å². The fourth-order valence-electron chi connectivity index (χ4n) is 3.32. The van der Waals surface area contributed by atoms with Gasteiger partial charge < -0.3 is 4.42 Å². The second kappa shape index (κ2) is 9.36. The van der Waals surface area contributed by atoms with Crippen LogP contribution in [-0.4, -0.2) is 11.6 Å². The van der Waals surface area contributed by atoms with Gasteiger partial charge in [0.25, 0.3) is 0 Å². The highest BCUT2D eigenvalue weighted by Gasteiger charge is 2.14. The first-order chi connectivity index (χ1) is 15.0. The van der Waals surface area contributed by atoms with Gasteiger partial charge >= 0.3 is 0 Å². The van der Waals surface area contributed by atoms with Gasteiger partial charge in [0, 0.05) is 32.7 Å². The maximum atomic E-state index is 12.7. The molecule has 31 heavy (non-hydrogen) atoms. The molecule has 0 unspecified atom stereocenters. The lowest BCUT2D eigenvalue weighted by atomic mass is 10.0. The first-order valence-electron chi connectivity index (χ1n) is 10.4. The standard InChI is InChI=1S/C27H24O3S/c1-18(2)7-16-24(28)19-8-12-22(13-9-19)31-23-14-10-20(11-15-23)27(29)26-17-21-5-3-4-6-25(21)30-26/h3-6,8-15,17-18H,7,16H2,1-2H3. The van der Waals surface area contributed by atoms with Gasteiger partial charge in [0.2, 0.25) is 5.78 Å². The summed E-state index contributed by atoms with van der Waals surface area (Å²) in [6.45, 7) is 4.26. The smallest absolute Gasteiger partial charge is 0.228 e. The molecule has 0 saturated heterocycles. The third-order valence-corrected chi connectivity index (χ3v) is 6.14. The van der Waals surface area contributed by atoms with Gasteiger partial charge in [-0.25, -0.2) is 0 Å². The minimum Gasteiger partial charge on any atom is -0.453 e. The molecule has 4 aromatic rings. The molecule has 3 nitrogen and oxygen atoms in total. The van der Waals surface area contributed by atoms with Crippen LogP contribution in [0.15, 0.2) is 93.1 Å². The van der Waals surface area contributed by atoms with E-state index in [1.807, 2.05) is 72.8 Å². The second-order valence-corrected chi connectivity index (χ2v) is 9.13. The van der Waals surface area contributed by atoms with Crippen LogP contribution < -0.4 is 0 Å². The van der Waals surface area contributed by atoms with Crippen molar-refractivity contribution < 1.29 is 14.0 Å². The van der Waals surface area contributed by atoms with E-state index in [9.17, 15) is 9.59 Å². The van der Waals surface area contributed by atoms with Crippen LogP contribution in [0.1, 0.15) is 53.2 Å². The number of rotatable bonds is 8. The van der Waals surface area contributed by atoms with Crippen LogP contribution in [0.5, 0.6) is 0 Å². The highest BCUT2D eigenvalue weighted by Crippen LogP contribution is 2.29. The summed E-state index contributed by atoms with van der Waals surface area (Å²) in [4.78, 5) is 27.1. The van der Waals surface area contributed by atoms with Crippen molar-refractivity contribution in [2.45, 2.75) is 36.5 Å². The van der Waals surface area contributed by atoms with E-state index in [0.29, 0.717) is 29.2 Å². The Labute approximate surface area is 186 Å². The lowest BCUT2D eigenvalue weighted by molar-refractivity contribution is 0.0974. The van der Waals surface area contributed by atoms with Crippen molar-refractivity contribution in [1.29, 1.82) is 0 Å². The van der Waals surface area contributed by atoms with Gasteiger partial charge in [-0.15, -0.1) is 0 Å². The molecule has 0 aliphatic heterocycles. The Morgan fingerprint density at radius 3 is 2.06 bits per heavy atom.